The van der Waals surface area contributed by atoms with E-state index in [0.29, 0.717) is 6.61 Å². The lowest BCUT2D eigenvalue weighted by atomic mass is 10.2. The molecule has 1 aromatic heterocycles. The van der Waals surface area contributed by atoms with Crippen molar-refractivity contribution in [1.82, 2.24) is 4.98 Å². The Morgan fingerprint density at radius 3 is 2.81 bits per heavy atom. The van der Waals surface area contributed by atoms with Gasteiger partial charge < -0.3 is 10.1 Å². The number of thiazole rings is 1. The fourth-order valence-corrected chi connectivity index (χ4v) is 3.13. The van der Waals surface area contributed by atoms with Gasteiger partial charge in [-0.15, -0.1) is 0 Å². The molecule has 0 saturated heterocycles. The Labute approximate surface area is 128 Å². The lowest BCUT2D eigenvalue weighted by Crippen LogP contribution is -2.11. The van der Waals surface area contributed by atoms with Gasteiger partial charge in [0.2, 0.25) is 0 Å². The first-order valence-corrected chi connectivity index (χ1v) is 7.83. The molecule has 0 aliphatic rings. The van der Waals surface area contributed by atoms with Crippen molar-refractivity contribution < 1.29 is 4.74 Å². The average molecular weight is 298 g/mol. The maximum Gasteiger partial charge on any atom is 0.183 e. The molecule has 0 aliphatic heterocycles. The molecule has 1 heterocycles. The molecule has 0 amide bonds. The van der Waals surface area contributed by atoms with Gasteiger partial charge in [-0.1, -0.05) is 29.5 Å². The molecule has 0 radical (unpaired) electrons. The van der Waals surface area contributed by atoms with Crippen LogP contribution in [0, 0.1) is 13.8 Å². The average Bonchev–Trinajstić information content (AvgIpc) is 2.85. The zero-order valence-corrected chi connectivity index (χ0v) is 13.0. The molecular weight excluding hydrogens is 280 g/mol. The van der Waals surface area contributed by atoms with Gasteiger partial charge >= 0.3 is 0 Å². The summed E-state index contributed by atoms with van der Waals surface area (Å²) in [6, 6.07) is 14.4. The van der Waals surface area contributed by atoms with Gasteiger partial charge in [0.1, 0.15) is 12.4 Å². The van der Waals surface area contributed by atoms with Crippen LogP contribution in [0.5, 0.6) is 5.75 Å². The van der Waals surface area contributed by atoms with E-state index >= 15 is 0 Å². The van der Waals surface area contributed by atoms with Crippen LogP contribution >= 0.6 is 11.3 Å². The maximum absolute atomic E-state index is 5.72. The molecule has 108 valence electrons. The van der Waals surface area contributed by atoms with Crippen LogP contribution < -0.4 is 10.1 Å². The van der Waals surface area contributed by atoms with Gasteiger partial charge in [0.25, 0.3) is 0 Å². The van der Waals surface area contributed by atoms with Crippen molar-refractivity contribution in [2.45, 2.75) is 13.8 Å². The molecule has 2 aromatic carbocycles. The molecular formula is C17H18N2OS. The summed E-state index contributed by atoms with van der Waals surface area (Å²) in [5, 5.41) is 4.27. The van der Waals surface area contributed by atoms with Crippen molar-refractivity contribution in [3.8, 4) is 5.75 Å². The van der Waals surface area contributed by atoms with E-state index < -0.39 is 0 Å². The van der Waals surface area contributed by atoms with E-state index in [1.165, 1.54) is 15.8 Å². The summed E-state index contributed by atoms with van der Waals surface area (Å²) in [5.74, 6) is 0.914. The number of ether oxygens (including phenoxy) is 1. The number of hydrogen-bond donors (Lipinski definition) is 1. The summed E-state index contributed by atoms with van der Waals surface area (Å²) in [7, 11) is 0. The molecule has 21 heavy (non-hydrogen) atoms. The van der Waals surface area contributed by atoms with Gasteiger partial charge in [0.05, 0.1) is 16.8 Å². The van der Waals surface area contributed by atoms with Crippen LogP contribution in [0.4, 0.5) is 5.13 Å². The third-order valence-electron chi connectivity index (χ3n) is 3.18. The summed E-state index contributed by atoms with van der Waals surface area (Å²) in [4.78, 5) is 4.56. The number of hydrogen-bond acceptors (Lipinski definition) is 4. The fourth-order valence-electron chi connectivity index (χ4n) is 2.14. The van der Waals surface area contributed by atoms with Gasteiger partial charge in [-0.3, -0.25) is 0 Å². The number of nitrogens with one attached hydrogen (secondary N) is 1. The van der Waals surface area contributed by atoms with Crippen LogP contribution in [-0.4, -0.2) is 18.1 Å². The highest BCUT2D eigenvalue weighted by molar-refractivity contribution is 7.22. The Morgan fingerprint density at radius 1 is 1.10 bits per heavy atom. The summed E-state index contributed by atoms with van der Waals surface area (Å²) < 4.78 is 6.94. The SMILES string of the molecule is Cc1cccc(OCCNc2nc3ccc(C)cc3s2)c1. The van der Waals surface area contributed by atoms with Crippen molar-refractivity contribution in [3.05, 3.63) is 53.6 Å². The molecule has 0 bridgehead atoms. The molecule has 0 aliphatic carbocycles. The number of fused-ring (bicyclic) bond motifs is 1. The Kier molecular flexibility index (Phi) is 4.06. The number of nitrogens with zero attached hydrogens (tertiary/aromatic N) is 1. The predicted molar refractivity (Wildman–Crippen MR) is 89.5 cm³/mol. The van der Waals surface area contributed by atoms with Crippen LogP contribution in [0.2, 0.25) is 0 Å². The lowest BCUT2D eigenvalue weighted by molar-refractivity contribution is 0.332. The van der Waals surface area contributed by atoms with E-state index in [2.05, 4.69) is 48.4 Å². The summed E-state index contributed by atoms with van der Waals surface area (Å²) in [5.41, 5.74) is 3.52. The molecule has 1 N–H and O–H groups in total. The highest BCUT2D eigenvalue weighted by Gasteiger charge is 2.03. The van der Waals surface area contributed by atoms with Crippen molar-refractivity contribution in [1.29, 1.82) is 0 Å². The largest absolute Gasteiger partial charge is 0.492 e. The predicted octanol–water partition coefficient (Wildman–Crippen LogP) is 4.40. The van der Waals surface area contributed by atoms with Gasteiger partial charge in [0, 0.05) is 0 Å². The van der Waals surface area contributed by atoms with Crippen molar-refractivity contribution in [2.75, 3.05) is 18.5 Å². The van der Waals surface area contributed by atoms with Crippen molar-refractivity contribution in [3.63, 3.8) is 0 Å². The van der Waals surface area contributed by atoms with Crippen molar-refractivity contribution in [2.24, 2.45) is 0 Å². The standard InChI is InChI=1S/C17H18N2OS/c1-12-4-3-5-14(10-12)20-9-8-18-17-19-15-7-6-13(2)11-16(15)21-17/h3-7,10-11H,8-9H2,1-2H3,(H,18,19). The molecule has 3 rings (SSSR count). The summed E-state index contributed by atoms with van der Waals surface area (Å²) in [6.45, 7) is 5.53. The molecule has 3 nitrogen and oxygen atoms in total. The first kappa shape index (κ1) is 13.9. The van der Waals surface area contributed by atoms with E-state index in [9.17, 15) is 0 Å². The molecule has 0 atom stereocenters. The summed E-state index contributed by atoms with van der Waals surface area (Å²) >= 11 is 1.68. The van der Waals surface area contributed by atoms with E-state index in [4.69, 9.17) is 4.74 Å². The van der Waals surface area contributed by atoms with Crippen LogP contribution in [0.25, 0.3) is 10.2 Å². The highest BCUT2D eigenvalue weighted by atomic mass is 32.1. The number of aromatic nitrogens is 1. The van der Waals surface area contributed by atoms with Gasteiger partial charge in [-0.25, -0.2) is 4.98 Å². The molecule has 0 spiro atoms. The Hall–Kier alpha value is -2.07. The molecule has 3 aromatic rings. The minimum absolute atomic E-state index is 0.623. The minimum atomic E-state index is 0.623. The molecule has 0 unspecified atom stereocenters. The molecule has 0 fully saturated rings. The second kappa shape index (κ2) is 6.14. The zero-order chi connectivity index (χ0) is 14.7. The number of benzene rings is 2. The first-order chi connectivity index (χ1) is 10.2. The van der Waals surface area contributed by atoms with Crippen LogP contribution in [0.15, 0.2) is 42.5 Å². The van der Waals surface area contributed by atoms with Gasteiger partial charge in [-0.05, 0) is 49.2 Å². The fraction of sp³-hybridized carbons (Fsp3) is 0.235. The third-order valence-corrected chi connectivity index (χ3v) is 4.16. The first-order valence-electron chi connectivity index (χ1n) is 7.01. The second-order valence-electron chi connectivity index (χ2n) is 5.08. The lowest BCUT2D eigenvalue weighted by Gasteiger charge is -2.07. The highest BCUT2D eigenvalue weighted by Crippen LogP contribution is 2.26. The number of rotatable bonds is 5. The Bertz CT molecular complexity index is 751. The number of anilines is 1. The quantitative estimate of drug-likeness (QED) is 0.709. The smallest absolute Gasteiger partial charge is 0.183 e. The Morgan fingerprint density at radius 2 is 1.95 bits per heavy atom. The molecule has 0 saturated carbocycles. The third kappa shape index (κ3) is 3.52. The van der Waals surface area contributed by atoms with E-state index in [0.717, 1.165) is 22.9 Å². The topological polar surface area (TPSA) is 34.1 Å². The van der Waals surface area contributed by atoms with E-state index in [1.54, 1.807) is 11.3 Å². The van der Waals surface area contributed by atoms with Crippen LogP contribution in [-0.2, 0) is 0 Å². The molecule has 4 heteroatoms. The second-order valence-corrected chi connectivity index (χ2v) is 6.11. The Balaban J connectivity index is 1.54. The minimum Gasteiger partial charge on any atom is -0.492 e. The van der Waals surface area contributed by atoms with Crippen LogP contribution in [0.1, 0.15) is 11.1 Å². The van der Waals surface area contributed by atoms with Crippen molar-refractivity contribution >= 4 is 26.7 Å². The summed E-state index contributed by atoms with van der Waals surface area (Å²) in [6.07, 6.45) is 0. The van der Waals surface area contributed by atoms with E-state index in [-0.39, 0.29) is 0 Å². The van der Waals surface area contributed by atoms with Gasteiger partial charge in [0.15, 0.2) is 5.13 Å². The van der Waals surface area contributed by atoms with Gasteiger partial charge in [-0.2, -0.15) is 0 Å². The van der Waals surface area contributed by atoms with Crippen LogP contribution in [0.3, 0.4) is 0 Å². The maximum atomic E-state index is 5.72. The zero-order valence-electron chi connectivity index (χ0n) is 12.2. The number of aryl methyl sites for hydroxylation is 2. The normalized spacial score (nSPS) is 10.8. The monoisotopic (exact) mass is 298 g/mol. The van der Waals surface area contributed by atoms with E-state index in [1.807, 2.05) is 18.2 Å².